The monoisotopic (exact) mass is 506 g/mol. The van der Waals surface area contributed by atoms with E-state index in [4.69, 9.17) is 4.55 Å². The quantitative estimate of drug-likeness (QED) is 0.406. The number of alkyl halides is 3. The van der Waals surface area contributed by atoms with Gasteiger partial charge in [-0.1, -0.05) is 43.7 Å². The first-order valence-corrected chi connectivity index (χ1v) is 12.2. The van der Waals surface area contributed by atoms with Gasteiger partial charge in [0.15, 0.2) is 11.1 Å². The van der Waals surface area contributed by atoms with Crippen LogP contribution >= 0.6 is 0 Å². The number of hydrogen-bond acceptors (Lipinski definition) is 3. The Labute approximate surface area is 203 Å². The van der Waals surface area contributed by atoms with Gasteiger partial charge in [-0.2, -0.15) is 13.2 Å². The van der Waals surface area contributed by atoms with E-state index in [2.05, 4.69) is 5.32 Å². The van der Waals surface area contributed by atoms with Crippen LogP contribution in [0.15, 0.2) is 65.5 Å². The summed E-state index contributed by atoms with van der Waals surface area (Å²) in [4.78, 5) is 26.1. The van der Waals surface area contributed by atoms with Gasteiger partial charge in [0.2, 0.25) is 0 Å². The van der Waals surface area contributed by atoms with Crippen LogP contribution in [0.4, 0.5) is 13.2 Å². The maximum atomic E-state index is 13.3. The van der Waals surface area contributed by atoms with E-state index in [9.17, 15) is 27.0 Å². The van der Waals surface area contributed by atoms with E-state index in [1.807, 2.05) is 6.92 Å². The lowest BCUT2D eigenvalue weighted by Gasteiger charge is -2.16. The summed E-state index contributed by atoms with van der Waals surface area (Å²) in [6.45, 7) is 2.06. The summed E-state index contributed by atoms with van der Waals surface area (Å²) in [5, 5.41) is 2.65. The predicted molar refractivity (Wildman–Crippen MR) is 128 cm³/mol. The zero-order valence-corrected chi connectivity index (χ0v) is 19.8. The van der Waals surface area contributed by atoms with E-state index in [0.29, 0.717) is 23.2 Å². The van der Waals surface area contributed by atoms with Crippen LogP contribution in [-0.4, -0.2) is 19.2 Å². The molecule has 0 saturated carbocycles. The third-order valence-corrected chi connectivity index (χ3v) is 5.97. The van der Waals surface area contributed by atoms with Crippen molar-refractivity contribution in [1.82, 2.24) is 9.88 Å². The molecule has 0 aliphatic carbocycles. The number of amides is 1. The van der Waals surface area contributed by atoms with Crippen LogP contribution < -0.4 is 10.9 Å². The van der Waals surface area contributed by atoms with Crippen LogP contribution in [0.1, 0.15) is 52.5 Å². The largest absolute Gasteiger partial charge is 0.416 e. The number of pyridine rings is 1. The first-order chi connectivity index (χ1) is 16.6. The molecule has 0 fully saturated rings. The van der Waals surface area contributed by atoms with Gasteiger partial charge in [0.25, 0.3) is 11.5 Å². The Hall–Kier alpha value is -3.24. The van der Waals surface area contributed by atoms with E-state index in [1.54, 1.807) is 30.3 Å². The van der Waals surface area contributed by atoms with Gasteiger partial charge in [-0.25, -0.2) is 4.21 Å². The number of halogens is 3. The fourth-order valence-electron chi connectivity index (χ4n) is 3.58. The lowest BCUT2D eigenvalue weighted by atomic mass is 10.1. The lowest BCUT2D eigenvalue weighted by Crippen LogP contribution is -2.33. The summed E-state index contributed by atoms with van der Waals surface area (Å²) < 4.78 is 60.8. The maximum Gasteiger partial charge on any atom is 0.416 e. The summed E-state index contributed by atoms with van der Waals surface area (Å²) in [6.07, 6.45) is -2.55. The van der Waals surface area contributed by atoms with Crippen molar-refractivity contribution in [2.24, 2.45) is 0 Å². The molecule has 0 aliphatic heterocycles. The molecule has 186 valence electrons. The lowest BCUT2D eigenvalue weighted by molar-refractivity contribution is -0.137. The molecule has 1 unspecified atom stereocenters. The van der Waals surface area contributed by atoms with Gasteiger partial charge in [-0.15, -0.1) is 0 Å². The van der Waals surface area contributed by atoms with E-state index >= 15 is 0 Å². The van der Waals surface area contributed by atoms with E-state index in [-0.39, 0.29) is 23.5 Å². The summed E-state index contributed by atoms with van der Waals surface area (Å²) in [5.74, 6) is -0.662. The topological polar surface area (TPSA) is 88.4 Å². The van der Waals surface area contributed by atoms with Crippen LogP contribution in [0.2, 0.25) is 0 Å². The SMILES string of the molecule is CCCCc1ccc(C(=O)NCc2ccc(CS(=O)O)cc2)c(=O)n1-c1cccc(C(F)(F)F)c1. The molecule has 0 bridgehead atoms. The maximum absolute atomic E-state index is 13.3. The highest BCUT2D eigenvalue weighted by Crippen LogP contribution is 2.30. The molecule has 1 amide bonds. The second-order valence-corrected chi connectivity index (χ2v) is 8.93. The van der Waals surface area contributed by atoms with Gasteiger partial charge in [-0.05, 0) is 54.3 Å². The normalized spacial score (nSPS) is 12.4. The molecule has 1 atom stereocenters. The van der Waals surface area contributed by atoms with Crippen molar-refractivity contribution in [2.45, 2.75) is 44.7 Å². The Bertz CT molecular complexity index is 1270. The summed E-state index contributed by atoms with van der Waals surface area (Å²) >= 11 is -1.96. The third kappa shape index (κ3) is 6.89. The highest BCUT2D eigenvalue weighted by Gasteiger charge is 2.31. The first kappa shape index (κ1) is 26.4. The molecule has 6 nitrogen and oxygen atoms in total. The Kier molecular flexibility index (Phi) is 8.63. The third-order valence-electron chi connectivity index (χ3n) is 5.39. The fourth-order valence-corrected chi connectivity index (χ4v) is 4.06. The van der Waals surface area contributed by atoms with Crippen LogP contribution in [0.3, 0.4) is 0 Å². The average Bonchev–Trinajstić information content (AvgIpc) is 2.81. The number of rotatable bonds is 9. The molecule has 1 heterocycles. The molecule has 10 heteroatoms. The molecule has 2 aromatic carbocycles. The minimum atomic E-state index is -4.57. The van der Waals surface area contributed by atoms with Crippen LogP contribution in [0, 0.1) is 0 Å². The summed E-state index contributed by atoms with van der Waals surface area (Å²) in [5.41, 5.74) is 0.168. The van der Waals surface area contributed by atoms with E-state index < -0.39 is 34.3 Å². The molecule has 3 aromatic rings. The van der Waals surface area contributed by atoms with Gasteiger partial charge < -0.3 is 9.87 Å². The van der Waals surface area contributed by atoms with Crippen molar-refractivity contribution in [3.05, 3.63) is 99.0 Å². The molecule has 1 aromatic heterocycles. The smallest absolute Gasteiger partial charge is 0.348 e. The fraction of sp³-hybridized carbons (Fsp3) is 0.280. The number of carbonyl (C=O) groups excluding carboxylic acids is 1. The van der Waals surface area contributed by atoms with Crippen LogP contribution in [-0.2, 0) is 36.0 Å². The molecule has 0 aliphatic rings. The standard InChI is InChI=1S/C25H25F3N2O4S/c1-2-3-6-20-12-13-22(23(31)29-15-17-8-10-18(11-9-17)16-35(33)34)24(32)30(20)21-7-4-5-19(14-21)25(26,27)28/h4-5,7-14H,2-3,6,15-16H2,1H3,(H,29,31)(H,33,34). The van der Waals surface area contributed by atoms with Gasteiger partial charge in [0.05, 0.1) is 11.3 Å². The predicted octanol–water partition coefficient (Wildman–Crippen LogP) is 4.85. The van der Waals surface area contributed by atoms with Crippen molar-refractivity contribution in [3.63, 3.8) is 0 Å². The second-order valence-electron chi connectivity index (χ2n) is 8.00. The van der Waals surface area contributed by atoms with Crippen molar-refractivity contribution in [3.8, 4) is 5.69 Å². The first-order valence-electron chi connectivity index (χ1n) is 11.0. The Morgan fingerprint density at radius 1 is 1.06 bits per heavy atom. The van der Waals surface area contributed by atoms with Crippen molar-refractivity contribution in [1.29, 1.82) is 0 Å². The Morgan fingerprint density at radius 2 is 1.74 bits per heavy atom. The number of aryl methyl sites for hydroxylation is 1. The average molecular weight is 507 g/mol. The number of benzene rings is 2. The van der Waals surface area contributed by atoms with E-state index in [0.717, 1.165) is 25.0 Å². The number of nitrogens with zero attached hydrogens (tertiary/aromatic N) is 1. The molecule has 2 N–H and O–H groups in total. The number of unbranched alkanes of at least 4 members (excludes halogenated alkanes) is 1. The van der Waals surface area contributed by atoms with Crippen molar-refractivity contribution < 1.29 is 26.7 Å². The van der Waals surface area contributed by atoms with Gasteiger partial charge in [-0.3, -0.25) is 14.2 Å². The Morgan fingerprint density at radius 3 is 2.37 bits per heavy atom. The highest BCUT2D eigenvalue weighted by molar-refractivity contribution is 7.78. The van der Waals surface area contributed by atoms with Crippen LogP contribution in [0.5, 0.6) is 0 Å². The van der Waals surface area contributed by atoms with Crippen molar-refractivity contribution in [2.75, 3.05) is 0 Å². The zero-order valence-electron chi connectivity index (χ0n) is 19.0. The van der Waals surface area contributed by atoms with E-state index in [1.165, 1.54) is 22.8 Å². The molecule has 0 radical (unpaired) electrons. The molecule has 0 spiro atoms. The second kappa shape index (κ2) is 11.5. The molecular formula is C25H25F3N2O4S. The number of nitrogens with one attached hydrogen (secondary N) is 1. The zero-order chi connectivity index (χ0) is 25.6. The van der Waals surface area contributed by atoms with Gasteiger partial charge >= 0.3 is 6.18 Å². The molecule has 3 rings (SSSR count). The van der Waals surface area contributed by atoms with Gasteiger partial charge in [0, 0.05) is 17.9 Å². The number of carbonyl (C=O) groups is 1. The minimum Gasteiger partial charge on any atom is -0.348 e. The van der Waals surface area contributed by atoms with Crippen LogP contribution in [0.25, 0.3) is 5.69 Å². The highest BCUT2D eigenvalue weighted by atomic mass is 32.2. The number of hydrogen-bond donors (Lipinski definition) is 2. The Balaban J connectivity index is 1.90. The summed E-state index contributed by atoms with van der Waals surface area (Å²) in [6, 6.07) is 14.2. The molecule has 0 saturated heterocycles. The van der Waals surface area contributed by atoms with Gasteiger partial charge in [0.1, 0.15) is 5.56 Å². The molecule has 35 heavy (non-hydrogen) atoms. The minimum absolute atomic E-state index is 0.00784. The van der Waals surface area contributed by atoms with Crippen molar-refractivity contribution >= 4 is 17.0 Å². The number of aromatic nitrogens is 1. The summed E-state index contributed by atoms with van der Waals surface area (Å²) in [7, 11) is 0. The molecular weight excluding hydrogens is 481 g/mol.